The number of nitrogens with zero attached hydrogens (tertiary/aromatic N) is 3. The number of ether oxygens (including phenoxy) is 1. The number of carbonyl (C=O) groups is 1. The molecule has 0 radical (unpaired) electrons. The zero-order chi connectivity index (χ0) is 19.8. The van der Waals surface area contributed by atoms with Crippen LogP contribution < -0.4 is 10.2 Å². The zero-order valence-electron chi connectivity index (χ0n) is 16.2. The largest absolute Gasteiger partial charge is 0.382 e. The quantitative estimate of drug-likeness (QED) is 0.707. The summed E-state index contributed by atoms with van der Waals surface area (Å²) >= 11 is 0. The lowest BCUT2D eigenvalue weighted by Gasteiger charge is -2.32. The summed E-state index contributed by atoms with van der Waals surface area (Å²) < 4.78 is 18.4. The van der Waals surface area contributed by atoms with Crippen molar-refractivity contribution in [1.29, 1.82) is 0 Å². The summed E-state index contributed by atoms with van der Waals surface area (Å²) in [5, 5.41) is 11.6. The van der Waals surface area contributed by atoms with Gasteiger partial charge in [-0.1, -0.05) is 0 Å². The fourth-order valence-corrected chi connectivity index (χ4v) is 3.34. The molecule has 3 rings (SSSR count). The fourth-order valence-electron chi connectivity index (χ4n) is 3.34. The van der Waals surface area contributed by atoms with Crippen LogP contribution in [0.5, 0.6) is 0 Å². The average Bonchev–Trinajstić information content (AvgIpc) is 2.74. The number of carbonyl (C=O) groups excluding carboxylic acids is 1. The molecular weight excluding hydrogens is 359 g/mol. The summed E-state index contributed by atoms with van der Waals surface area (Å²) in [6.45, 7) is 5.47. The van der Waals surface area contributed by atoms with Crippen molar-refractivity contribution < 1.29 is 13.9 Å². The maximum atomic E-state index is 13.1. The third kappa shape index (κ3) is 5.48. The number of benzene rings is 1. The molecule has 1 atom stereocenters. The number of hydrogen-bond acceptors (Lipinski definition) is 5. The van der Waals surface area contributed by atoms with Crippen molar-refractivity contribution in [3.63, 3.8) is 0 Å². The molecule has 1 aliphatic heterocycles. The minimum absolute atomic E-state index is 0.0422. The molecule has 1 aromatic carbocycles. The lowest BCUT2D eigenvalue weighted by molar-refractivity contribution is -0.125. The van der Waals surface area contributed by atoms with Crippen molar-refractivity contribution in [2.24, 2.45) is 5.92 Å². The van der Waals surface area contributed by atoms with E-state index in [1.54, 1.807) is 12.1 Å². The van der Waals surface area contributed by atoms with E-state index in [0.29, 0.717) is 32.0 Å². The number of amides is 1. The summed E-state index contributed by atoms with van der Waals surface area (Å²) in [4.78, 5) is 14.5. The highest BCUT2D eigenvalue weighted by molar-refractivity contribution is 5.79. The van der Waals surface area contributed by atoms with E-state index >= 15 is 0 Å². The Morgan fingerprint density at radius 2 is 2.07 bits per heavy atom. The molecule has 1 amide bonds. The van der Waals surface area contributed by atoms with E-state index in [2.05, 4.69) is 20.4 Å². The molecule has 1 N–H and O–H groups in total. The standard InChI is InChI=1S/C21H27FN4O2/c1-2-28-14-4-12-23-21(27)17-5-3-13-26(15-17)20-11-10-19(24-25-20)16-6-8-18(22)9-7-16/h6-11,17H,2-5,12-15H2,1H3,(H,23,27). The summed E-state index contributed by atoms with van der Waals surface area (Å²) in [6, 6.07) is 9.99. The molecule has 0 spiro atoms. The summed E-state index contributed by atoms with van der Waals surface area (Å²) in [7, 11) is 0. The third-order valence-electron chi connectivity index (χ3n) is 4.88. The van der Waals surface area contributed by atoms with E-state index in [0.717, 1.165) is 37.2 Å². The highest BCUT2D eigenvalue weighted by Gasteiger charge is 2.26. The van der Waals surface area contributed by atoms with Crippen LogP contribution in [0, 0.1) is 11.7 Å². The molecule has 0 bridgehead atoms. The number of aromatic nitrogens is 2. The third-order valence-corrected chi connectivity index (χ3v) is 4.88. The molecule has 0 aliphatic carbocycles. The van der Waals surface area contributed by atoms with Gasteiger partial charge in [0.05, 0.1) is 11.6 Å². The Kier molecular flexibility index (Phi) is 7.31. The molecule has 1 unspecified atom stereocenters. The van der Waals surface area contributed by atoms with Crippen LogP contribution in [-0.4, -0.2) is 49.0 Å². The Balaban J connectivity index is 1.55. The summed E-state index contributed by atoms with van der Waals surface area (Å²) in [5.74, 6) is 0.542. The molecule has 150 valence electrons. The zero-order valence-corrected chi connectivity index (χ0v) is 16.2. The number of nitrogens with one attached hydrogen (secondary N) is 1. The van der Waals surface area contributed by atoms with Gasteiger partial charge in [-0.05, 0) is 62.6 Å². The van der Waals surface area contributed by atoms with Gasteiger partial charge in [-0.2, -0.15) is 0 Å². The predicted octanol–water partition coefficient (Wildman–Crippen LogP) is 3.04. The second kappa shape index (κ2) is 10.1. The smallest absolute Gasteiger partial charge is 0.224 e. The van der Waals surface area contributed by atoms with Crippen molar-refractivity contribution in [2.45, 2.75) is 26.2 Å². The minimum atomic E-state index is -0.274. The summed E-state index contributed by atoms with van der Waals surface area (Å²) in [6.07, 6.45) is 2.65. The molecule has 1 aliphatic rings. The van der Waals surface area contributed by atoms with Gasteiger partial charge in [-0.15, -0.1) is 10.2 Å². The predicted molar refractivity (Wildman–Crippen MR) is 106 cm³/mol. The van der Waals surface area contributed by atoms with Gasteiger partial charge in [0.25, 0.3) is 0 Å². The van der Waals surface area contributed by atoms with Crippen molar-refractivity contribution in [2.75, 3.05) is 37.7 Å². The van der Waals surface area contributed by atoms with Crippen LogP contribution in [0.2, 0.25) is 0 Å². The van der Waals surface area contributed by atoms with Gasteiger partial charge < -0.3 is 15.0 Å². The van der Waals surface area contributed by atoms with Crippen molar-refractivity contribution >= 4 is 11.7 Å². The van der Waals surface area contributed by atoms with Gasteiger partial charge in [0, 0.05) is 38.4 Å². The van der Waals surface area contributed by atoms with Crippen LogP contribution in [-0.2, 0) is 9.53 Å². The van der Waals surface area contributed by atoms with E-state index in [9.17, 15) is 9.18 Å². The van der Waals surface area contributed by atoms with E-state index in [1.807, 2.05) is 19.1 Å². The van der Waals surface area contributed by atoms with E-state index in [4.69, 9.17) is 4.74 Å². The van der Waals surface area contributed by atoms with E-state index in [-0.39, 0.29) is 17.6 Å². The first-order chi connectivity index (χ1) is 13.7. The highest BCUT2D eigenvalue weighted by atomic mass is 19.1. The van der Waals surface area contributed by atoms with Crippen LogP contribution in [0.4, 0.5) is 10.2 Å². The Hall–Kier alpha value is -2.54. The van der Waals surface area contributed by atoms with Crippen LogP contribution in [0.25, 0.3) is 11.3 Å². The number of hydrogen-bond donors (Lipinski definition) is 1. The first-order valence-corrected chi connectivity index (χ1v) is 9.87. The lowest BCUT2D eigenvalue weighted by atomic mass is 9.97. The molecule has 28 heavy (non-hydrogen) atoms. The van der Waals surface area contributed by atoms with Crippen LogP contribution in [0.1, 0.15) is 26.2 Å². The number of piperidine rings is 1. The van der Waals surface area contributed by atoms with Crippen LogP contribution >= 0.6 is 0 Å². The van der Waals surface area contributed by atoms with E-state index < -0.39 is 0 Å². The topological polar surface area (TPSA) is 67.3 Å². The van der Waals surface area contributed by atoms with Gasteiger partial charge in [-0.25, -0.2) is 4.39 Å². The molecule has 0 saturated carbocycles. The lowest BCUT2D eigenvalue weighted by Crippen LogP contribution is -2.43. The van der Waals surface area contributed by atoms with Gasteiger partial charge in [0.2, 0.25) is 5.91 Å². The Morgan fingerprint density at radius 3 is 2.79 bits per heavy atom. The van der Waals surface area contributed by atoms with Crippen LogP contribution in [0.15, 0.2) is 36.4 Å². The maximum Gasteiger partial charge on any atom is 0.224 e. The molecule has 1 fully saturated rings. The molecule has 1 aromatic heterocycles. The average molecular weight is 386 g/mol. The fraction of sp³-hybridized carbons (Fsp3) is 0.476. The number of halogens is 1. The normalized spacial score (nSPS) is 16.8. The van der Waals surface area contributed by atoms with Gasteiger partial charge in [-0.3, -0.25) is 4.79 Å². The minimum Gasteiger partial charge on any atom is -0.382 e. The van der Waals surface area contributed by atoms with Crippen LogP contribution in [0.3, 0.4) is 0 Å². The second-order valence-corrected chi connectivity index (χ2v) is 6.91. The second-order valence-electron chi connectivity index (χ2n) is 6.91. The molecular formula is C21H27FN4O2. The molecule has 2 heterocycles. The first kappa shape index (κ1) is 20.2. The van der Waals surface area contributed by atoms with E-state index in [1.165, 1.54) is 12.1 Å². The Bertz CT molecular complexity index is 752. The van der Waals surface area contributed by atoms with Gasteiger partial charge in [0.15, 0.2) is 5.82 Å². The maximum absolute atomic E-state index is 13.1. The molecule has 6 nitrogen and oxygen atoms in total. The Labute approximate surface area is 165 Å². The molecule has 2 aromatic rings. The number of anilines is 1. The van der Waals surface area contributed by atoms with Crippen molar-refractivity contribution in [3.8, 4) is 11.3 Å². The van der Waals surface area contributed by atoms with Crippen molar-refractivity contribution in [1.82, 2.24) is 15.5 Å². The highest BCUT2D eigenvalue weighted by Crippen LogP contribution is 2.23. The Morgan fingerprint density at radius 1 is 1.25 bits per heavy atom. The monoisotopic (exact) mass is 386 g/mol. The van der Waals surface area contributed by atoms with Gasteiger partial charge in [0.1, 0.15) is 5.82 Å². The summed E-state index contributed by atoms with van der Waals surface area (Å²) in [5.41, 5.74) is 1.52. The SMILES string of the molecule is CCOCCCNC(=O)C1CCCN(c2ccc(-c3ccc(F)cc3)nn2)C1. The van der Waals surface area contributed by atoms with Gasteiger partial charge >= 0.3 is 0 Å². The first-order valence-electron chi connectivity index (χ1n) is 9.87. The molecule has 1 saturated heterocycles. The molecule has 7 heteroatoms. The van der Waals surface area contributed by atoms with Crippen molar-refractivity contribution in [3.05, 3.63) is 42.2 Å². The number of rotatable bonds is 8.